The quantitative estimate of drug-likeness (QED) is 0.689. The number of nitrogens with zero attached hydrogens (tertiary/aromatic N) is 3. The lowest BCUT2D eigenvalue weighted by Gasteiger charge is -2.22. The van der Waals surface area contributed by atoms with Crippen molar-refractivity contribution in [1.82, 2.24) is 19.8 Å². The van der Waals surface area contributed by atoms with Crippen LogP contribution in [-0.2, 0) is 0 Å². The number of amides is 2. The third-order valence-electron chi connectivity index (χ3n) is 4.90. The summed E-state index contributed by atoms with van der Waals surface area (Å²) in [4.78, 5) is 36.5. The molecule has 1 aromatic heterocycles. The fourth-order valence-electron chi connectivity index (χ4n) is 3.41. The summed E-state index contributed by atoms with van der Waals surface area (Å²) in [6.07, 6.45) is 2.30. The van der Waals surface area contributed by atoms with Gasteiger partial charge in [0.25, 0.3) is 11.8 Å². The van der Waals surface area contributed by atoms with E-state index in [0.29, 0.717) is 53.8 Å². The van der Waals surface area contributed by atoms with Gasteiger partial charge in [-0.2, -0.15) is 0 Å². The molecule has 1 N–H and O–H groups in total. The number of fused-ring (bicyclic) bond motifs is 1. The van der Waals surface area contributed by atoms with Crippen molar-refractivity contribution in [2.24, 2.45) is 0 Å². The highest BCUT2D eigenvalue weighted by molar-refractivity contribution is 6.35. The van der Waals surface area contributed by atoms with Crippen molar-refractivity contribution >= 4 is 46.0 Å². The molecule has 1 fully saturated rings. The third kappa shape index (κ3) is 3.70. The van der Waals surface area contributed by atoms with E-state index in [0.717, 1.165) is 11.0 Å². The number of aromatic amines is 1. The molecule has 0 atom stereocenters. The van der Waals surface area contributed by atoms with Crippen LogP contribution in [0.4, 0.5) is 0 Å². The number of hydrogen-bond acceptors (Lipinski definition) is 3. The van der Waals surface area contributed by atoms with Crippen molar-refractivity contribution < 1.29 is 9.59 Å². The molecule has 2 amide bonds. The van der Waals surface area contributed by atoms with Crippen LogP contribution < -0.4 is 0 Å². The normalized spacial score (nSPS) is 14.9. The van der Waals surface area contributed by atoms with Crippen molar-refractivity contribution in [3.8, 4) is 0 Å². The molecule has 0 aliphatic carbocycles. The number of aromatic nitrogens is 2. The van der Waals surface area contributed by atoms with E-state index in [1.165, 1.54) is 0 Å². The number of carbonyl (C=O) groups excluding carboxylic acids is 2. The van der Waals surface area contributed by atoms with Gasteiger partial charge in [0, 0.05) is 36.8 Å². The first kappa shape index (κ1) is 18.8. The van der Waals surface area contributed by atoms with Crippen molar-refractivity contribution in [3.63, 3.8) is 0 Å². The minimum absolute atomic E-state index is 0.0495. The number of carbonyl (C=O) groups is 2. The molecular formula is C20H18Cl2N4O2. The molecule has 1 aliphatic rings. The maximum absolute atomic E-state index is 12.9. The average molecular weight is 417 g/mol. The second kappa shape index (κ2) is 7.81. The molecule has 8 heteroatoms. The van der Waals surface area contributed by atoms with Gasteiger partial charge in [-0.25, -0.2) is 4.98 Å². The number of rotatable bonds is 2. The van der Waals surface area contributed by atoms with Crippen LogP contribution in [0.1, 0.15) is 27.1 Å². The summed E-state index contributed by atoms with van der Waals surface area (Å²) in [5.41, 5.74) is 2.64. The molecule has 6 nitrogen and oxygen atoms in total. The number of nitrogens with one attached hydrogen (secondary N) is 1. The molecule has 1 aliphatic heterocycles. The maximum Gasteiger partial charge on any atom is 0.255 e. The van der Waals surface area contributed by atoms with Crippen LogP contribution in [-0.4, -0.2) is 57.8 Å². The Labute approximate surface area is 172 Å². The topological polar surface area (TPSA) is 69.3 Å². The lowest BCUT2D eigenvalue weighted by molar-refractivity contribution is 0.0719. The van der Waals surface area contributed by atoms with E-state index in [1.54, 1.807) is 40.4 Å². The standard InChI is InChI=1S/C20H18Cl2N4O2/c21-14-3-4-16(22)15(11-14)20(28)26-7-1-6-25(8-9-26)19(27)13-2-5-17-18(10-13)24-12-23-17/h2-5,10-12H,1,6-9H2,(H,23,24). The van der Waals surface area contributed by atoms with Gasteiger partial charge < -0.3 is 14.8 Å². The van der Waals surface area contributed by atoms with Crippen LogP contribution in [0.3, 0.4) is 0 Å². The molecule has 1 saturated heterocycles. The molecule has 0 radical (unpaired) electrons. The van der Waals surface area contributed by atoms with Crippen molar-refractivity contribution in [3.05, 3.63) is 63.9 Å². The Bertz CT molecular complexity index is 1050. The molecule has 2 aromatic carbocycles. The molecule has 0 bridgehead atoms. The maximum atomic E-state index is 12.9. The summed E-state index contributed by atoms with van der Waals surface area (Å²) in [6.45, 7) is 2.06. The number of benzene rings is 2. The molecule has 28 heavy (non-hydrogen) atoms. The van der Waals surface area contributed by atoms with Gasteiger partial charge in [-0.1, -0.05) is 23.2 Å². The second-order valence-corrected chi connectivity index (χ2v) is 7.54. The summed E-state index contributed by atoms with van der Waals surface area (Å²) < 4.78 is 0. The Balaban J connectivity index is 1.48. The van der Waals surface area contributed by atoms with E-state index in [1.807, 2.05) is 12.1 Å². The zero-order chi connectivity index (χ0) is 19.7. The molecule has 4 rings (SSSR count). The molecule has 144 valence electrons. The highest BCUT2D eigenvalue weighted by atomic mass is 35.5. The fourth-order valence-corrected chi connectivity index (χ4v) is 3.78. The number of imidazole rings is 1. The number of hydrogen-bond donors (Lipinski definition) is 1. The molecule has 0 spiro atoms. The van der Waals surface area contributed by atoms with E-state index < -0.39 is 0 Å². The molecule has 0 saturated carbocycles. The van der Waals surface area contributed by atoms with Crippen LogP contribution in [0.2, 0.25) is 10.0 Å². The number of H-pyrrole nitrogens is 1. The van der Waals surface area contributed by atoms with E-state index >= 15 is 0 Å². The van der Waals surface area contributed by atoms with Gasteiger partial charge in [0.15, 0.2) is 0 Å². The van der Waals surface area contributed by atoms with Gasteiger partial charge in [0.1, 0.15) is 0 Å². The van der Waals surface area contributed by atoms with E-state index in [-0.39, 0.29) is 11.8 Å². The van der Waals surface area contributed by atoms with Crippen LogP contribution in [0, 0.1) is 0 Å². The summed E-state index contributed by atoms with van der Waals surface area (Å²) >= 11 is 12.2. The monoisotopic (exact) mass is 416 g/mol. The number of halogens is 2. The first-order chi connectivity index (χ1) is 13.5. The highest BCUT2D eigenvalue weighted by Gasteiger charge is 2.25. The van der Waals surface area contributed by atoms with Crippen LogP contribution in [0.15, 0.2) is 42.7 Å². The predicted molar refractivity (Wildman–Crippen MR) is 109 cm³/mol. The smallest absolute Gasteiger partial charge is 0.255 e. The molecule has 3 aromatic rings. The minimum Gasteiger partial charge on any atom is -0.345 e. The first-order valence-electron chi connectivity index (χ1n) is 8.99. The summed E-state index contributed by atoms with van der Waals surface area (Å²) in [5, 5.41) is 0.841. The second-order valence-electron chi connectivity index (χ2n) is 6.70. The molecule has 0 unspecified atom stereocenters. The van der Waals surface area contributed by atoms with Gasteiger partial charge in [-0.05, 0) is 42.8 Å². The largest absolute Gasteiger partial charge is 0.345 e. The van der Waals surface area contributed by atoms with Crippen LogP contribution in [0.25, 0.3) is 11.0 Å². The van der Waals surface area contributed by atoms with E-state index in [4.69, 9.17) is 23.2 Å². The van der Waals surface area contributed by atoms with E-state index in [9.17, 15) is 9.59 Å². The fraction of sp³-hybridized carbons (Fsp3) is 0.250. The van der Waals surface area contributed by atoms with Crippen molar-refractivity contribution in [2.75, 3.05) is 26.2 Å². The SMILES string of the molecule is O=C(c1ccc2nc[nH]c2c1)N1CCCN(C(=O)c2cc(Cl)ccc2Cl)CC1. The Kier molecular flexibility index (Phi) is 5.24. The Morgan fingerprint density at radius 2 is 1.68 bits per heavy atom. The Morgan fingerprint density at radius 1 is 0.929 bits per heavy atom. The summed E-state index contributed by atoms with van der Waals surface area (Å²) in [7, 11) is 0. The van der Waals surface area contributed by atoms with Crippen molar-refractivity contribution in [2.45, 2.75) is 6.42 Å². The van der Waals surface area contributed by atoms with Gasteiger partial charge in [0.2, 0.25) is 0 Å². The zero-order valence-corrected chi connectivity index (χ0v) is 16.5. The highest BCUT2D eigenvalue weighted by Crippen LogP contribution is 2.23. The van der Waals surface area contributed by atoms with E-state index in [2.05, 4.69) is 9.97 Å². The Hall–Kier alpha value is -2.57. The first-order valence-corrected chi connectivity index (χ1v) is 9.75. The Morgan fingerprint density at radius 3 is 2.46 bits per heavy atom. The van der Waals surface area contributed by atoms with Gasteiger partial charge in [-0.15, -0.1) is 0 Å². The average Bonchev–Trinajstić information content (AvgIpc) is 3.03. The zero-order valence-electron chi connectivity index (χ0n) is 15.0. The van der Waals surface area contributed by atoms with Crippen molar-refractivity contribution in [1.29, 1.82) is 0 Å². The lowest BCUT2D eigenvalue weighted by Crippen LogP contribution is -2.37. The third-order valence-corrected chi connectivity index (χ3v) is 5.46. The van der Waals surface area contributed by atoms with Gasteiger partial charge >= 0.3 is 0 Å². The van der Waals surface area contributed by atoms with Gasteiger partial charge in [-0.3, -0.25) is 9.59 Å². The minimum atomic E-state index is -0.166. The van der Waals surface area contributed by atoms with Crippen LogP contribution in [0.5, 0.6) is 0 Å². The summed E-state index contributed by atoms with van der Waals surface area (Å²) in [6, 6.07) is 10.3. The summed E-state index contributed by atoms with van der Waals surface area (Å²) in [5.74, 6) is -0.215. The van der Waals surface area contributed by atoms with Crippen LogP contribution >= 0.6 is 23.2 Å². The lowest BCUT2D eigenvalue weighted by atomic mass is 10.1. The molecular weight excluding hydrogens is 399 g/mol. The van der Waals surface area contributed by atoms with Gasteiger partial charge in [0.05, 0.1) is 27.9 Å². The molecule has 2 heterocycles. The predicted octanol–water partition coefficient (Wildman–Crippen LogP) is 3.86.